The van der Waals surface area contributed by atoms with Gasteiger partial charge in [0.15, 0.2) is 11.5 Å². The van der Waals surface area contributed by atoms with Gasteiger partial charge in [-0.3, -0.25) is 9.69 Å². The van der Waals surface area contributed by atoms with Crippen molar-refractivity contribution in [2.45, 2.75) is 19.4 Å². The van der Waals surface area contributed by atoms with E-state index in [0.717, 1.165) is 0 Å². The fraction of sp³-hybridized carbons (Fsp3) is 0.360. The molecule has 0 saturated carbocycles. The minimum atomic E-state index is -0.597. The number of benzene rings is 2. The molecule has 190 valence electrons. The molecule has 0 aliphatic carbocycles. The number of carbonyl (C=O) groups is 2. The van der Waals surface area contributed by atoms with Gasteiger partial charge in [0, 0.05) is 23.6 Å². The van der Waals surface area contributed by atoms with E-state index in [0.29, 0.717) is 66.9 Å². The second-order valence-electron chi connectivity index (χ2n) is 8.30. The van der Waals surface area contributed by atoms with Gasteiger partial charge in [-0.2, -0.15) is 4.98 Å². The van der Waals surface area contributed by atoms with Crippen molar-refractivity contribution in [2.24, 2.45) is 5.92 Å². The van der Waals surface area contributed by atoms with Crippen LogP contribution in [-0.4, -0.2) is 61.3 Å². The van der Waals surface area contributed by atoms with E-state index in [2.05, 4.69) is 20.4 Å². The van der Waals surface area contributed by atoms with Crippen molar-refractivity contribution in [1.82, 2.24) is 15.0 Å². The molecule has 2 aromatic carbocycles. The SMILES string of the molecule is COC(=O)c1cc(OC)c(OC)cc1NC(=O)C1CCN(Cc2nc(-c3ccc(F)cc3)no2)CC1. The normalized spacial score (nSPS) is 14.3. The van der Waals surface area contributed by atoms with Crippen molar-refractivity contribution in [2.75, 3.05) is 39.7 Å². The number of rotatable bonds is 8. The Hall–Kier alpha value is -3.99. The molecule has 2 heterocycles. The summed E-state index contributed by atoms with van der Waals surface area (Å²) < 4.78 is 33.9. The third kappa shape index (κ3) is 5.62. The van der Waals surface area contributed by atoms with Gasteiger partial charge < -0.3 is 24.1 Å². The quantitative estimate of drug-likeness (QED) is 0.466. The summed E-state index contributed by atoms with van der Waals surface area (Å²) in [4.78, 5) is 31.8. The van der Waals surface area contributed by atoms with E-state index in [1.54, 1.807) is 18.2 Å². The predicted octanol–water partition coefficient (Wildman–Crippen LogP) is 3.53. The van der Waals surface area contributed by atoms with Crippen LogP contribution in [0, 0.1) is 11.7 Å². The molecule has 1 saturated heterocycles. The second-order valence-corrected chi connectivity index (χ2v) is 8.30. The molecule has 1 amide bonds. The average molecular weight is 499 g/mol. The van der Waals surface area contributed by atoms with Crippen LogP contribution in [-0.2, 0) is 16.1 Å². The van der Waals surface area contributed by atoms with Crippen LogP contribution in [0.1, 0.15) is 29.1 Å². The minimum Gasteiger partial charge on any atom is -0.493 e. The van der Waals surface area contributed by atoms with Crippen molar-refractivity contribution < 1.29 is 32.7 Å². The molecule has 0 unspecified atom stereocenters. The van der Waals surface area contributed by atoms with Gasteiger partial charge in [-0.15, -0.1) is 0 Å². The number of anilines is 1. The van der Waals surface area contributed by atoms with Gasteiger partial charge in [-0.05, 0) is 50.2 Å². The van der Waals surface area contributed by atoms with Crippen molar-refractivity contribution in [1.29, 1.82) is 0 Å². The summed E-state index contributed by atoms with van der Waals surface area (Å²) in [6.07, 6.45) is 1.23. The van der Waals surface area contributed by atoms with Crippen LogP contribution < -0.4 is 14.8 Å². The van der Waals surface area contributed by atoms with E-state index in [9.17, 15) is 14.0 Å². The number of ether oxygens (including phenoxy) is 3. The van der Waals surface area contributed by atoms with Crippen molar-refractivity contribution in [3.8, 4) is 22.9 Å². The summed E-state index contributed by atoms with van der Waals surface area (Å²) in [5, 5.41) is 6.82. The molecule has 0 spiro atoms. The maximum Gasteiger partial charge on any atom is 0.340 e. The lowest BCUT2D eigenvalue weighted by atomic mass is 9.95. The van der Waals surface area contributed by atoms with Gasteiger partial charge in [0.2, 0.25) is 17.6 Å². The highest BCUT2D eigenvalue weighted by Crippen LogP contribution is 2.34. The number of halogens is 1. The summed E-state index contributed by atoms with van der Waals surface area (Å²) in [5.74, 6) is 0.229. The lowest BCUT2D eigenvalue weighted by Crippen LogP contribution is -2.38. The molecule has 10 nitrogen and oxygen atoms in total. The number of nitrogens with zero attached hydrogens (tertiary/aromatic N) is 3. The van der Waals surface area contributed by atoms with Gasteiger partial charge in [0.1, 0.15) is 5.82 Å². The summed E-state index contributed by atoms with van der Waals surface area (Å²) in [5.41, 5.74) is 1.14. The maximum absolute atomic E-state index is 13.1. The summed E-state index contributed by atoms with van der Waals surface area (Å²) in [7, 11) is 4.21. The molecule has 1 aliphatic heterocycles. The highest BCUT2D eigenvalue weighted by atomic mass is 19.1. The van der Waals surface area contributed by atoms with Crippen LogP contribution in [0.25, 0.3) is 11.4 Å². The lowest BCUT2D eigenvalue weighted by molar-refractivity contribution is -0.121. The van der Waals surface area contributed by atoms with Gasteiger partial charge >= 0.3 is 5.97 Å². The van der Waals surface area contributed by atoms with E-state index < -0.39 is 5.97 Å². The Morgan fingerprint density at radius 2 is 1.75 bits per heavy atom. The Labute approximate surface area is 207 Å². The zero-order chi connectivity index (χ0) is 25.7. The zero-order valence-corrected chi connectivity index (χ0v) is 20.2. The fourth-order valence-corrected chi connectivity index (χ4v) is 4.08. The monoisotopic (exact) mass is 498 g/mol. The second kappa shape index (κ2) is 11.2. The molecule has 1 fully saturated rings. The van der Waals surface area contributed by atoms with Crippen molar-refractivity contribution >= 4 is 17.6 Å². The topological polar surface area (TPSA) is 116 Å². The highest BCUT2D eigenvalue weighted by Gasteiger charge is 2.28. The van der Waals surface area contributed by atoms with Gasteiger partial charge in [0.05, 0.1) is 39.1 Å². The molecule has 0 radical (unpaired) electrons. The van der Waals surface area contributed by atoms with Crippen LogP contribution in [0.15, 0.2) is 40.9 Å². The molecule has 36 heavy (non-hydrogen) atoms. The first-order valence-electron chi connectivity index (χ1n) is 11.4. The Balaban J connectivity index is 1.36. The van der Waals surface area contributed by atoms with Crippen LogP contribution in [0.2, 0.25) is 0 Å². The average Bonchev–Trinajstić information content (AvgIpc) is 3.37. The Kier molecular flexibility index (Phi) is 7.79. The molecular weight excluding hydrogens is 471 g/mol. The van der Waals surface area contributed by atoms with Gasteiger partial charge in [0.25, 0.3) is 0 Å². The molecular formula is C25H27FN4O6. The molecule has 11 heteroatoms. The Bertz CT molecular complexity index is 1220. The van der Waals surface area contributed by atoms with Crippen LogP contribution in [0.4, 0.5) is 10.1 Å². The maximum atomic E-state index is 13.1. The molecule has 4 rings (SSSR count). The number of methoxy groups -OCH3 is 3. The van der Waals surface area contributed by atoms with Crippen LogP contribution in [0.5, 0.6) is 11.5 Å². The standard InChI is InChI=1S/C25H27FN4O6/c1-33-20-12-18(25(32)35-3)19(13-21(20)34-2)27-24(31)16-8-10-30(11-9-16)14-22-28-23(29-36-22)15-4-6-17(26)7-5-15/h4-7,12-13,16H,8-11,14H2,1-3H3,(H,27,31). The van der Waals surface area contributed by atoms with E-state index in [1.807, 2.05) is 0 Å². The molecule has 3 aromatic rings. The smallest absolute Gasteiger partial charge is 0.340 e. The predicted molar refractivity (Wildman–Crippen MR) is 127 cm³/mol. The van der Waals surface area contributed by atoms with Crippen molar-refractivity contribution in [3.63, 3.8) is 0 Å². The van der Waals surface area contributed by atoms with E-state index in [4.69, 9.17) is 18.7 Å². The fourth-order valence-electron chi connectivity index (χ4n) is 4.08. The summed E-state index contributed by atoms with van der Waals surface area (Å²) in [6.45, 7) is 1.76. The Morgan fingerprint density at radius 1 is 1.08 bits per heavy atom. The van der Waals surface area contributed by atoms with E-state index >= 15 is 0 Å². The van der Waals surface area contributed by atoms with E-state index in [1.165, 1.54) is 39.5 Å². The number of carbonyl (C=O) groups excluding carboxylic acids is 2. The van der Waals surface area contributed by atoms with Gasteiger partial charge in [-0.1, -0.05) is 5.16 Å². The minimum absolute atomic E-state index is 0.175. The third-order valence-electron chi connectivity index (χ3n) is 6.07. The van der Waals surface area contributed by atoms with Gasteiger partial charge in [-0.25, -0.2) is 9.18 Å². The first-order valence-corrected chi connectivity index (χ1v) is 11.4. The van der Waals surface area contributed by atoms with Crippen LogP contribution >= 0.6 is 0 Å². The zero-order valence-electron chi connectivity index (χ0n) is 20.2. The summed E-state index contributed by atoms with van der Waals surface area (Å²) >= 11 is 0. The number of nitrogens with one attached hydrogen (secondary N) is 1. The number of hydrogen-bond acceptors (Lipinski definition) is 9. The highest BCUT2D eigenvalue weighted by molar-refractivity contribution is 6.02. The molecule has 1 aliphatic rings. The number of amides is 1. The molecule has 1 aromatic heterocycles. The first kappa shape index (κ1) is 25.1. The van der Waals surface area contributed by atoms with Crippen LogP contribution in [0.3, 0.4) is 0 Å². The molecule has 0 bridgehead atoms. The molecule has 0 atom stereocenters. The van der Waals surface area contributed by atoms with E-state index in [-0.39, 0.29) is 23.2 Å². The number of likely N-dealkylation sites (tertiary alicyclic amines) is 1. The first-order chi connectivity index (χ1) is 17.4. The van der Waals surface area contributed by atoms with Crippen molar-refractivity contribution in [3.05, 3.63) is 53.7 Å². The number of esters is 1. The molecule has 1 N–H and O–H groups in total. The third-order valence-corrected chi connectivity index (χ3v) is 6.07. The largest absolute Gasteiger partial charge is 0.493 e. The lowest BCUT2D eigenvalue weighted by Gasteiger charge is -2.30. The number of aromatic nitrogens is 2. The summed E-state index contributed by atoms with van der Waals surface area (Å²) in [6, 6.07) is 8.91. The Morgan fingerprint density at radius 3 is 2.39 bits per heavy atom. The number of hydrogen-bond donors (Lipinski definition) is 1. The number of piperidine rings is 1.